The molecule has 0 aliphatic heterocycles. The second kappa shape index (κ2) is 7.22. The van der Waals surface area contributed by atoms with E-state index in [-0.39, 0.29) is 0 Å². The predicted molar refractivity (Wildman–Crippen MR) is 124 cm³/mol. The van der Waals surface area contributed by atoms with Crippen LogP contribution in [0.1, 0.15) is 0 Å². The van der Waals surface area contributed by atoms with Crippen molar-refractivity contribution < 1.29 is 0 Å². The average molecular weight is 394 g/mol. The molecule has 2 N–H and O–H groups in total. The van der Waals surface area contributed by atoms with Crippen LogP contribution < -0.4 is 5.73 Å². The maximum absolute atomic E-state index is 6.34. The second-order valence-electron chi connectivity index (χ2n) is 6.87. The molecule has 0 aliphatic carbocycles. The van der Waals surface area contributed by atoms with Gasteiger partial charge in [0.2, 0.25) is 0 Å². The number of hydrogen-bond donors (Lipinski definition) is 1. The number of rotatable bonds is 3. The zero-order chi connectivity index (χ0) is 19.8. The molecule has 0 saturated carbocycles. The molecule has 29 heavy (non-hydrogen) atoms. The molecule has 5 rings (SSSR count). The Bertz CT molecular complexity index is 1360. The van der Waals surface area contributed by atoms with Crippen LogP contribution in [0.4, 0.5) is 5.69 Å². The van der Waals surface area contributed by atoms with Crippen molar-refractivity contribution in [1.82, 2.24) is 9.97 Å². The molecule has 0 atom stereocenters. The third kappa shape index (κ3) is 2.93. The molecule has 3 nitrogen and oxygen atoms in total. The van der Waals surface area contributed by atoms with Gasteiger partial charge < -0.3 is 5.73 Å². The molecule has 0 bridgehead atoms. The van der Waals surface area contributed by atoms with Crippen molar-refractivity contribution >= 4 is 39.3 Å². The van der Waals surface area contributed by atoms with Crippen LogP contribution in [0.2, 0.25) is 0 Å². The van der Waals surface area contributed by atoms with Crippen molar-refractivity contribution in [1.29, 1.82) is 0 Å². The van der Waals surface area contributed by atoms with Gasteiger partial charge in [0, 0.05) is 38.7 Å². The lowest BCUT2D eigenvalue weighted by Crippen LogP contribution is -1.95. The smallest absolute Gasteiger partial charge is 0.0891 e. The Morgan fingerprint density at radius 3 is 2.31 bits per heavy atom. The summed E-state index contributed by atoms with van der Waals surface area (Å²) in [5.41, 5.74) is 13.3. The van der Waals surface area contributed by atoms with Crippen LogP contribution in [0.5, 0.6) is 0 Å². The minimum Gasteiger partial charge on any atom is -0.398 e. The van der Waals surface area contributed by atoms with Crippen molar-refractivity contribution in [2.24, 2.45) is 0 Å². The molecule has 3 aromatic carbocycles. The largest absolute Gasteiger partial charge is 0.398 e. The van der Waals surface area contributed by atoms with Crippen LogP contribution >= 0.6 is 11.8 Å². The molecule has 5 aromatic rings. The molecule has 4 heteroatoms. The predicted octanol–water partition coefficient (Wildman–Crippen LogP) is 6.42. The van der Waals surface area contributed by atoms with E-state index in [1.54, 1.807) is 18.0 Å². The summed E-state index contributed by atoms with van der Waals surface area (Å²) in [6, 6.07) is 24.8. The monoisotopic (exact) mass is 393 g/mol. The van der Waals surface area contributed by atoms with Crippen LogP contribution in [-0.2, 0) is 0 Å². The summed E-state index contributed by atoms with van der Waals surface area (Å²) in [5.74, 6) is 0. The van der Waals surface area contributed by atoms with E-state index in [1.807, 2.05) is 30.5 Å². The number of nitrogen functional groups attached to an aromatic ring is 1. The van der Waals surface area contributed by atoms with Crippen molar-refractivity contribution in [3.63, 3.8) is 0 Å². The van der Waals surface area contributed by atoms with Crippen LogP contribution in [0.3, 0.4) is 0 Å². The van der Waals surface area contributed by atoms with Gasteiger partial charge in [0.15, 0.2) is 0 Å². The minimum atomic E-state index is 0.756. The number of nitrogens with two attached hydrogens (primary N) is 1. The number of para-hydroxylation sites is 1. The summed E-state index contributed by atoms with van der Waals surface area (Å²) in [7, 11) is 0. The van der Waals surface area contributed by atoms with Crippen LogP contribution in [0.15, 0.2) is 90.1 Å². The molecule has 140 valence electrons. The lowest BCUT2D eigenvalue weighted by molar-refractivity contribution is 1.35. The van der Waals surface area contributed by atoms with Crippen molar-refractivity contribution in [3.05, 3.63) is 85.2 Å². The fraction of sp³-hybridized carbons (Fsp3) is 0.0400. The van der Waals surface area contributed by atoms with Gasteiger partial charge >= 0.3 is 0 Å². The van der Waals surface area contributed by atoms with Gasteiger partial charge in [-0.3, -0.25) is 9.97 Å². The van der Waals surface area contributed by atoms with E-state index in [2.05, 4.69) is 59.8 Å². The molecule has 0 radical (unpaired) electrons. The highest BCUT2D eigenvalue weighted by molar-refractivity contribution is 7.98. The van der Waals surface area contributed by atoms with Gasteiger partial charge in [0.25, 0.3) is 0 Å². The van der Waals surface area contributed by atoms with Crippen molar-refractivity contribution in [3.8, 4) is 22.3 Å². The van der Waals surface area contributed by atoms with Crippen molar-refractivity contribution in [2.75, 3.05) is 12.0 Å². The van der Waals surface area contributed by atoms with Gasteiger partial charge in [0.1, 0.15) is 0 Å². The Labute approximate surface area is 173 Å². The Kier molecular flexibility index (Phi) is 4.41. The minimum absolute atomic E-state index is 0.756. The van der Waals surface area contributed by atoms with Gasteiger partial charge in [-0.25, -0.2) is 0 Å². The van der Waals surface area contributed by atoms with E-state index in [1.165, 1.54) is 10.5 Å². The average Bonchev–Trinajstić information content (AvgIpc) is 2.78. The Balaban J connectivity index is 1.94. The zero-order valence-corrected chi connectivity index (χ0v) is 16.8. The summed E-state index contributed by atoms with van der Waals surface area (Å²) in [6.45, 7) is 0. The number of thioether (sulfide) groups is 1. The van der Waals surface area contributed by atoms with E-state index in [0.717, 1.165) is 44.2 Å². The summed E-state index contributed by atoms with van der Waals surface area (Å²) in [4.78, 5) is 10.6. The zero-order valence-electron chi connectivity index (χ0n) is 16.0. The van der Waals surface area contributed by atoms with Crippen LogP contribution in [0.25, 0.3) is 44.1 Å². The number of nitrogens with zero attached hydrogens (tertiary/aromatic N) is 2. The summed E-state index contributed by atoms with van der Waals surface area (Å²) >= 11 is 1.75. The highest BCUT2D eigenvalue weighted by Gasteiger charge is 2.16. The SMILES string of the molecule is CSc1ccccc1-c1ccc(-c2ccccc2N)c2c1ncc1ncccc12. The fourth-order valence-electron chi connectivity index (χ4n) is 3.91. The molecule has 2 aromatic heterocycles. The van der Waals surface area contributed by atoms with E-state index in [9.17, 15) is 0 Å². The molecule has 2 heterocycles. The first-order valence-corrected chi connectivity index (χ1v) is 10.6. The molecule has 0 fully saturated rings. The molecule has 0 amide bonds. The first-order chi connectivity index (χ1) is 14.3. The van der Waals surface area contributed by atoms with Gasteiger partial charge in [-0.05, 0) is 35.6 Å². The number of hydrogen-bond acceptors (Lipinski definition) is 4. The summed E-state index contributed by atoms with van der Waals surface area (Å²) in [6.07, 6.45) is 5.77. The number of anilines is 1. The van der Waals surface area contributed by atoms with Gasteiger partial charge in [-0.1, -0.05) is 54.6 Å². The van der Waals surface area contributed by atoms with E-state index < -0.39 is 0 Å². The lowest BCUT2D eigenvalue weighted by Gasteiger charge is -2.16. The normalized spacial score (nSPS) is 11.2. The standard InChI is InChI=1S/C25H19N3S/c1-29-23-11-5-3-8-17(23)19-13-12-18(16-7-2-4-10-21(16)26)24-20-9-6-14-27-22(20)15-28-25(19)24/h2-15H,26H2,1H3. The van der Waals surface area contributed by atoms with Gasteiger partial charge in [0.05, 0.1) is 17.2 Å². The van der Waals surface area contributed by atoms with Crippen LogP contribution in [-0.4, -0.2) is 16.2 Å². The first kappa shape index (κ1) is 17.7. The Morgan fingerprint density at radius 1 is 0.724 bits per heavy atom. The Morgan fingerprint density at radius 2 is 1.48 bits per heavy atom. The number of pyridine rings is 2. The highest BCUT2D eigenvalue weighted by atomic mass is 32.2. The molecule has 0 unspecified atom stereocenters. The third-order valence-electron chi connectivity index (χ3n) is 5.25. The quantitative estimate of drug-likeness (QED) is 0.218. The van der Waals surface area contributed by atoms with Crippen molar-refractivity contribution in [2.45, 2.75) is 4.90 Å². The van der Waals surface area contributed by atoms with E-state index in [4.69, 9.17) is 10.7 Å². The molecule has 0 aliphatic rings. The fourth-order valence-corrected chi connectivity index (χ4v) is 4.52. The molecule has 0 spiro atoms. The number of fused-ring (bicyclic) bond motifs is 3. The summed E-state index contributed by atoms with van der Waals surface area (Å²) < 4.78 is 0. The molecule has 0 saturated heterocycles. The number of benzene rings is 3. The molecular weight excluding hydrogens is 374 g/mol. The highest BCUT2D eigenvalue weighted by Crippen LogP contribution is 2.41. The Hall–Kier alpha value is -3.37. The lowest BCUT2D eigenvalue weighted by atomic mass is 9.92. The topological polar surface area (TPSA) is 51.8 Å². The maximum atomic E-state index is 6.34. The third-order valence-corrected chi connectivity index (χ3v) is 6.05. The number of aromatic nitrogens is 2. The van der Waals surface area contributed by atoms with Gasteiger partial charge in [-0.15, -0.1) is 11.8 Å². The summed E-state index contributed by atoms with van der Waals surface area (Å²) in [5, 5.41) is 2.17. The molecular formula is C25H19N3S. The maximum Gasteiger partial charge on any atom is 0.0891 e. The van der Waals surface area contributed by atoms with E-state index in [0.29, 0.717) is 0 Å². The van der Waals surface area contributed by atoms with Gasteiger partial charge in [-0.2, -0.15) is 0 Å². The first-order valence-electron chi connectivity index (χ1n) is 9.42. The second-order valence-corrected chi connectivity index (χ2v) is 7.71. The van der Waals surface area contributed by atoms with E-state index >= 15 is 0 Å². The van der Waals surface area contributed by atoms with Crippen LogP contribution in [0, 0.1) is 0 Å².